The van der Waals surface area contributed by atoms with Crippen LogP contribution in [0.1, 0.15) is 31.2 Å². The smallest absolute Gasteiger partial charge is 0.171 e. The van der Waals surface area contributed by atoms with Gasteiger partial charge in [0.15, 0.2) is 11.5 Å². The van der Waals surface area contributed by atoms with Crippen molar-refractivity contribution in [2.45, 2.75) is 31.8 Å². The van der Waals surface area contributed by atoms with Gasteiger partial charge in [0, 0.05) is 4.47 Å². The zero-order valence-electron chi connectivity index (χ0n) is 10.2. The minimum atomic E-state index is 0.221. The number of oxime groups is 1. The summed E-state index contributed by atoms with van der Waals surface area (Å²) >= 11 is 3.42. The fourth-order valence-corrected chi connectivity index (χ4v) is 2.60. The lowest BCUT2D eigenvalue weighted by atomic mass is 10.2. The minimum Gasteiger partial charge on any atom is -0.493 e. The molecule has 1 saturated carbocycles. The van der Waals surface area contributed by atoms with Crippen molar-refractivity contribution in [3.8, 4) is 11.5 Å². The molecule has 18 heavy (non-hydrogen) atoms. The second-order valence-corrected chi connectivity index (χ2v) is 5.12. The maximum Gasteiger partial charge on any atom is 0.171 e. The zero-order valence-corrected chi connectivity index (χ0v) is 11.8. The van der Waals surface area contributed by atoms with Crippen LogP contribution in [0.5, 0.6) is 11.5 Å². The van der Waals surface area contributed by atoms with Crippen molar-refractivity contribution in [3.63, 3.8) is 0 Å². The third-order valence-corrected chi connectivity index (χ3v) is 3.79. The molecule has 0 saturated heterocycles. The molecular weight excluding hydrogens is 298 g/mol. The molecule has 5 heteroatoms. The van der Waals surface area contributed by atoms with Crippen LogP contribution < -0.4 is 9.47 Å². The van der Waals surface area contributed by atoms with E-state index < -0.39 is 0 Å². The van der Waals surface area contributed by atoms with Crippen LogP contribution in [-0.4, -0.2) is 24.6 Å². The Morgan fingerprint density at radius 3 is 2.72 bits per heavy atom. The maximum absolute atomic E-state index is 8.75. The van der Waals surface area contributed by atoms with Crippen LogP contribution in [0, 0.1) is 0 Å². The lowest BCUT2D eigenvalue weighted by Crippen LogP contribution is -2.13. The highest BCUT2D eigenvalue weighted by molar-refractivity contribution is 9.10. The van der Waals surface area contributed by atoms with Crippen molar-refractivity contribution in [1.29, 1.82) is 0 Å². The van der Waals surface area contributed by atoms with Gasteiger partial charge >= 0.3 is 0 Å². The number of hydrogen-bond acceptors (Lipinski definition) is 4. The lowest BCUT2D eigenvalue weighted by Gasteiger charge is -2.18. The van der Waals surface area contributed by atoms with Crippen LogP contribution in [0.2, 0.25) is 0 Å². The van der Waals surface area contributed by atoms with Crippen molar-refractivity contribution < 1.29 is 14.7 Å². The van der Waals surface area contributed by atoms with Gasteiger partial charge in [-0.15, -0.1) is 0 Å². The van der Waals surface area contributed by atoms with E-state index in [-0.39, 0.29) is 6.10 Å². The predicted octanol–water partition coefficient (Wildman–Crippen LogP) is 3.59. The summed E-state index contributed by atoms with van der Waals surface area (Å²) < 4.78 is 12.1. The van der Waals surface area contributed by atoms with E-state index in [1.807, 2.05) is 12.1 Å². The predicted molar refractivity (Wildman–Crippen MR) is 73.0 cm³/mol. The summed E-state index contributed by atoms with van der Waals surface area (Å²) in [6, 6.07) is 3.68. The Bertz CT molecular complexity index is 442. The van der Waals surface area contributed by atoms with E-state index >= 15 is 0 Å². The van der Waals surface area contributed by atoms with Crippen LogP contribution in [0.3, 0.4) is 0 Å². The summed E-state index contributed by atoms with van der Waals surface area (Å²) in [7, 11) is 1.60. The van der Waals surface area contributed by atoms with Gasteiger partial charge in [-0.25, -0.2) is 0 Å². The van der Waals surface area contributed by atoms with E-state index in [1.165, 1.54) is 19.1 Å². The molecule has 1 N–H and O–H groups in total. The molecule has 0 aromatic heterocycles. The Labute approximate surface area is 115 Å². The molecule has 1 aromatic rings. The van der Waals surface area contributed by atoms with Gasteiger partial charge in [0.2, 0.25) is 0 Å². The first kappa shape index (κ1) is 13.2. The SMILES string of the molecule is COc1ccc(Br)c(C=NO)c1OC1CCCC1. The highest BCUT2D eigenvalue weighted by Crippen LogP contribution is 2.37. The number of hydrogen-bond donors (Lipinski definition) is 1. The largest absolute Gasteiger partial charge is 0.493 e. The zero-order chi connectivity index (χ0) is 13.0. The third kappa shape index (κ3) is 2.77. The number of halogens is 1. The second-order valence-electron chi connectivity index (χ2n) is 4.26. The van der Waals surface area contributed by atoms with E-state index in [0.717, 1.165) is 17.3 Å². The maximum atomic E-state index is 8.75. The Morgan fingerprint density at radius 1 is 1.39 bits per heavy atom. The van der Waals surface area contributed by atoms with Gasteiger partial charge in [-0.3, -0.25) is 0 Å². The molecule has 0 radical (unpaired) electrons. The van der Waals surface area contributed by atoms with Crippen LogP contribution in [0.4, 0.5) is 0 Å². The average Bonchev–Trinajstić information content (AvgIpc) is 2.87. The van der Waals surface area contributed by atoms with Gasteiger partial charge in [-0.2, -0.15) is 0 Å². The Kier molecular flexibility index (Phi) is 4.47. The minimum absolute atomic E-state index is 0.221. The van der Waals surface area contributed by atoms with Crippen molar-refractivity contribution in [2.24, 2.45) is 5.16 Å². The third-order valence-electron chi connectivity index (χ3n) is 3.10. The normalized spacial score (nSPS) is 16.3. The highest BCUT2D eigenvalue weighted by Gasteiger charge is 2.21. The van der Waals surface area contributed by atoms with Gasteiger partial charge in [0.25, 0.3) is 0 Å². The molecular formula is C13H16BrNO3. The molecule has 0 spiro atoms. The highest BCUT2D eigenvalue weighted by atomic mass is 79.9. The Morgan fingerprint density at radius 2 is 2.11 bits per heavy atom. The molecule has 0 unspecified atom stereocenters. The molecule has 1 aromatic carbocycles. The number of methoxy groups -OCH3 is 1. The van der Waals surface area contributed by atoms with Gasteiger partial charge in [0.1, 0.15) is 0 Å². The van der Waals surface area contributed by atoms with E-state index in [9.17, 15) is 0 Å². The van der Waals surface area contributed by atoms with Gasteiger partial charge in [0.05, 0.1) is 25.0 Å². The van der Waals surface area contributed by atoms with Crippen LogP contribution in [-0.2, 0) is 0 Å². The van der Waals surface area contributed by atoms with Crippen LogP contribution in [0.25, 0.3) is 0 Å². The molecule has 98 valence electrons. The van der Waals surface area contributed by atoms with E-state index in [1.54, 1.807) is 7.11 Å². The molecule has 1 fully saturated rings. The summed E-state index contributed by atoms with van der Waals surface area (Å²) in [6.07, 6.45) is 6.10. The Balaban J connectivity index is 2.36. The molecule has 4 nitrogen and oxygen atoms in total. The summed E-state index contributed by atoms with van der Waals surface area (Å²) in [4.78, 5) is 0. The summed E-state index contributed by atoms with van der Waals surface area (Å²) in [5.41, 5.74) is 0.698. The summed E-state index contributed by atoms with van der Waals surface area (Å²) in [6.45, 7) is 0. The molecule has 0 heterocycles. The monoisotopic (exact) mass is 313 g/mol. The van der Waals surface area contributed by atoms with Crippen molar-refractivity contribution in [2.75, 3.05) is 7.11 Å². The average molecular weight is 314 g/mol. The molecule has 0 amide bonds. The van der Waals surface area contributed by atoms with Crippen molar-refractivity contribution in [3.05, 3.63) is 22.2 Å². The fourth-order valence-electron chi connectivity index (χ4n) is 2.19. The lowest BCUT2D eigenvalue weighted by molar-refractivity contribution is 0.200. The molecule has 0 bridgehead atoms. The first-order valence-electron chi connectivity index (χ1n) is 5.97. The van der Waals surface area contributed by atoms with Gasteiger partial charge < -0.3 is 14.7 Å². The first-order valence-corrected chi connectivity index (χ1v) is 6.76. The molecule has 2 rings (SSSR count). The molecule has 1 aliphatic carbocycles. The fraction of sp³-hybridized carbons (Fsp3) is 0.462. The number of benzene rings is 1. The topological polar surface area (TPSA) is 51.0 Å². The molecule has 1 aliphatic rings. The number of ether oxygens (including phenoxy) is 2. The van der Waals surface area contributed by atoms with Gasteiger partial charge in [-0.1, -0.05) is 5.16 Å². The second kappa shape index (κ2) is 6.09. The van der Waals surface area contributed by atoms with Crippen molar-refractivity contribution >= 4 is 22.1 Å². The molecule has 0 aliphatic heterocycles. The van der Waals surface area contributed by atoms with Gasteiger partial charge in [-0.05, 0) is 53.7 Å². The Hall–Kier alpha value is -1.23. The van der Waals surface area contributed by atoms with Crippen LogP contribution in [0.15, 0.2) is 21.8 Å². The van der Waals surface area contributed by atoms with Crippen LogP contribution >= 0.6 is 15.9 Å². The number of nitrogens with zero attached hydrogens (tertiary/aromatic N) is 1. The quantitative estimate of drug-likeness (QED) is 0.525. The standard InChI is InChI=1S/C13H16BrNO3/c1-17-12-7-6-11(14)10(8-15-16)13(12)18-9-4-2-3-5-9/h6-9,16H,2-5H2,1H3. The first-order chi connectivity index (χ1) is 8.76. The van der Waals surface area contributed by atoms with E-state index in [4.69, 9.17) is 14.7 Å². The van der Waals surface area contributed by atoms with Crippen molar-refractivity contribution in [1.82, 2.24) is 0 Å². The van der Waals surface area contributed by atoms with E-state index in [2.05, 4.69) is 21.1 Å². The summed E-state index contributed by atoms with van der Waals surface area (Å²) in [5, 5.41) is 11.8. The molecule has 0 atom stereocenters. The number of rotatable bonds is 4. The van der Waals surface area contributed by atoms with E-state index in [0.29, 0.717) is 17.1 Å². The summed E-state index contributed by atoms with van der Waals surface area (Å²) in [5.74, 6) is 1.29.